The van der Waals surface area contributed by atoms with E-state index < -0.39 is 5.67 Å². The molecule has 3 aromatic rings. The van der Waals surface area contributed by atoms with Crippen molar-refractivity contribution in [1.29, 1.82) is 0 Å². The number of hydrogen-bond donors (Lipinski definition) is 3. The molecule has 214 valence electrons. The summed E-state index contributed by atoms with van der Waals surface area (Å²) in [5, 5.41) is 6.76. The monoisotopic (exact) mass is 571 g/mol. The van der Waals surface area contributed by atoms with Crippen LogP contribution in [0.3, 0.4) is 0 Å². The van der Waals surface area contributed by atoms with Gasteiger partial charge < -0.3 is 30.6 Å². The van der Waals surface area contributed by atoms with Gasteiger partial charge in [-0.1, -0.05) is 18.5 Å². The lowest BCUT2D eigenvalue weighted by atomic mass is 9.62. The van der Waals surface area contributed by atoms with Gasteiger partial charge in [-0.2, -0.15) is 4.98 Å². The molecule has 1 saturated heterocycles. The molecule has 1 saturated carbocycles. The molecule has 0 bridgehead atoms. The van der Waals surface area contributed by atoms with Crippen molar-refractivity contribution < 1.29 is 13.9 Å². The number of fused-ring (bicyclic) bond motifs is 1. The summed E-state index contributed by atoms with van der Waals surface area (Å²) in [5.74, 6) is 0.323. The summed E-state index contributed by atoms with van der Waals surface area (Å²) in [6.45, 7) is 4.33. The first-order valence-corrected chi connectivity index (χ1v) is 13.8. The Kier molecular flexibility index (Phi) is 7.62. The second kappa shape index (κ2) is 10.9. The number of carbonyl (C=O) groups excluding carboxylic acids is 1. The standard InChI is InChI=1S/C28H35ClFN7O3/c1-15-12-37(13-19(28(15,2)30)18-6-7-21(18)31)27-33-11-20(29)25(35-27)34-17-5-8-22-16(9-17)10-23(26(39)36(22)4)40-14-24(38)32-3/h5,8-11,15,18-19,21H,6-7,12-14,31H2,1-4H3,(H,32,38)(H,33,34,35). The highest BCUT2D eigenvalue weighted by Crippen LogP contribution is 2.46. The zero-order chi connectivity index (χ0) is 28.8. The Bertz CT molecular complexity index is 1500. The van der Waals surface area contributed by atoms with Crippen LogP contribution in [0.4, 0.5) is 21.8 Å². The first kappa shape index (κ1) is 28.1. The fourth-order valence-corrected chi connectivity index (χ4v) is 5.86. The number of aromatic nitrogens is 3. The van der Waals surface area contributed by atoms with E-state index in [4.69, 9.17) is 27.1 Å². The van der Waals surface area contributed by atoms with Crippen LogP contribution in [0, 0.1) is 17.8 Å². The van der Waals surface area contributed by atoms with E-state index in [-0.39, 0.29) is 47.6 Å². The van der Waals surface area contributed by atoms with Gasteiger partial charge in [-0.15, -0.1) is 0 Å². The van der Waals surface area contributed by atoms with E-state index in [2.05, 4.69) is 15.6 Å². The molecule has 1 amide bonds. The minimum Gasteiger partial charge on any atom is -0.478 e. The number of halogens is 2. The van der Waals surface area contributed by atoms with Crippen LogP contribution in [0.25, 0.3) is 10.9 Å². The number of piperidine rings is 1. The number of ether oxygens (including phenoxy) is 1. The summed E-state index contributed by atoms with van der Waals surface area (Å²) in [5.41, 5.74) is 5.95. The van der Waals surface area contributed by atoms with Crippen molar-refractivity contribution in [2.24, 2.45) is 30.5 Å². The van der Waals surface area contributed by atoms with Crippen LogP contribution in [-0.2, 0) is 11.8 Å². The SMILES string of the molecule is CNC(=O)COc1cc2cc(Nc3nc(N4CC(C)C(C)(F)C(C5CCC5N)C4)ncc3Cl)ccc2n(C)c1=O. The zero-order valence-electron chi connectivity index (χ0n) is 23.1. The average molecular weight is 572 g/mol. The number of nitrogens with two attached hydrogens (primary N) is 1. The van der Waals surface area contributed by atoms with E-state index in [1.54, 1.807) is 32.3 Å². The number of alkyl halides is 1. The Morgan fingerprint density at radius 1 is 1.30 bits per heavy atom. The number of anilines is 3. The lowest BCUT2D eigenvalue weighted by Gasteiger charge is -2.52. The minimum atomic E-state index is -1.32. The molecule has 5 rings (SSSR count). The summed E-state index contributed by atoms with van der Waals surface area (Å²) in [6, 6.07) is 7.09. The van der Waals surface area contributed by atoms with E-state index >= 15 is 4.39 Å². The summed E-state index contributed by atoms with van der Waals surface area (Å²) in [4.78, 5) is 35.5. The highest BCUT2D eigenvalue weighted by molar-refractivity contribution is 6.32. The van der Waals surface area contributed by atoms with Crippen LogP contribution in [-0.4, -0.2) is 58.9 Å². The highest BCUT2D eigenvalue weighted by atomic mass is 35.5. The molecule has 1 aliphatic carbocycles. The quantitative estimate of drug-likeness (QED) is 0.394. The van der Waals surface area contributed by atoms with E-state index in [9.17, 15) is 9.59 Å². The van der Waals surface area contributed by atoms with Crippen LogP contribution in [0.15, 0.2) is 35.3 Å². The number of amides is 1. The van der Waals surface area contributed by atoms with E-state index in [1.807, 2.05) is 24.0 Å². The molecule has 1 aliphatic heterocycles. The zero-order valence-corrected chi connectivity index (χ0v) is 23.8. The van der Waals surface area contributed by atoms with E-state index in [0.717, 1.165) is 18.2 Å². The Morgan fingerprint density at radius 2 is 2.08 bits per heavy atom. The van der Waals surface area contributed by atoms with Crippen molar-refractivity contribution in [3.63, 3.8) is 0 Å². The first-order chi connectivity index (χ1) is 19.0. The number of nitrogens with zero attached hydrogens (tertiary/aromatic N) is 4. The second-order valence-corrected chi connectivity index (χ2v) is 11.5. The van der Waals surface area contributed by atoms with Gasteiger partial charge >= 0.3 is 0 Å². The molecule has 0 radical (unpaired) electrons. The molecule has 0 spiro atoms. The number of aryl methyl sites for hydroxylation is 1. The van der Waals surface area contributed by atoms with Crippen LogP contribution < -0.4 is 31.6 Å². The molecule has 5 unspecified atom stereocenters. The lowest BCUT2D eigenvalue weighted by molar-refractivity contribution is -0.122. The predicted molar refractivity (Wildman–Crippen MR) is 154 cm³/mol. The van der Waals surface area contributed by atoms with Gasteiger partial charge in [-0.3, -0.25) is 9.59 Å². The van der Waals surface area contributed by atoms with Crippen LogP contribution in [0.5, 0.6) is 5.75 Å². The van der Waals surface area contributed by atoms with Gasteiger partial charge in [-0.25, -0.2) is 9.37 Å². The number of likely N-dealkylation sites (N-methyl/N-ethyl adjacent to an activating group) is 1. The molecule has 5 atom stereocenters. The van der Waals surface area contributed by atoms with Crippen molar-refractivity contribution in [2.45, 2.75) is 38.4 Å². The summed E-state index contributed by atoms with van der Waals surface area (Å²) < 4.78 is 22.7. The maximum atomic E-state index is 15.8. The van der Waals surface area contributed by atoms with Crippen LogP contribution in [0.1, 0.15) is 26.7 Å². The third-order valence-corrected chi connectivity index (χ3v) is 8.88. The van der Waals surface area contributed by atoms with Crippen LogP contribution in [0.2, 0.25) is 5.02 Å². The maximum absolute atomic E-state index is 15.8. The number of carbonyl (C=O) groups is 1. The Labute approximate surface area is 237 Å². The molecule has 4 N–H and O–H groups in total. The van der Waals surface area contributed by atoms with E-state index in [1.165, 1.54) is 11.6 Å². The van der Waals surface area contributed by atoms with Crippen molar-refractivity contribution in [1.82, 2.24) is 19.9 Å². The Morgan fingerprint density at radius 3 is 2.75 bits per heavy atom. The first-order valence-electron chi connectivity index (χ1n) is 13.5. The van der Waals surface area contributed by atoms with Gasteiger partial charge in [0.25, 0.3) is 11.5 Å². The molecular weight excluding hydrogens is 537 g/mol. The molecule has 40 heavy (non-hydrogen) atoms. The molecule has 12 heteroatoms. The minimum absolute atomic E-state index is 0.0256. The maximum Gasteiger partial charge on any atom is 0.293 e. The summed E-state index contributed by atoms with van der Waals surface area (Å²) in [7, 11) is 3.14. The Hall–Kier alpha value is -3.44. The van der Waals surface area contributed by atoms with Crippen LogP contribution >= 0.6 is 11.6 Å². The number of rotatable bonds is 7. The predicted octanol–water partition coefficient (Wildman–Crippen LogP) is 3.39. The fraction of sp³-hybridized carbons (Fsp3) is 0.500. The van der Waals surface area contributed by atoms with E-state index in [0.29, 0.717) is 41.1 Å². The summed E-state index contributed by atoms with van der Waals surface area (Å²) in [6.07, 6.45) is 3.41. The van der Waals surface area contributed by atoms with Gasteiger partial charge in [0.05, 0.1) is 11.7 Å². The molecular formula is C28H35ClFN7O3. The number of hydrogen-bond acceptors (Lipinski definition) is 8. The molecule has 2 aliphatic rings. The fourth-order valence-electron chi connectivity index (χ4n) is 5.72. The van der Waals surface area contributed by atoms with Crippen molar-refractivity contribution in [3.8, 4) is 5.75 Å². The lowest BCUT2D eigenvalue weighted by Crippen LogP contribution is -2.60. The van der Waals surface area contributed by atoms with Gasteiger partial charge in [0.2, 0.25) is 5.95 Å². The molecule has 2 fully saturated rings. The molecule has 10 nitrogen and oxygen atoms in total. The number of pyridine rings is 1. The van der Waals surface area contributed by atoms with Gasteiger partial charge in [-0.05, 0) is 49.9 Å². The van der Waals surface area contributed by atoms with Gasteiger partial charge in [0, 0.05) is 56.1 Å². The number of benzene rings is 1. The topological polar surface area (TPSA) is 127 Å². The number of nitrogens with one attached hydrogen (secondary N) is 2. The van der Waals surface area contributed by atoms with Crippen molar-refractivity contribution >= 4 is 45.9 Å². The third kappa shape index (κ3) is 5.19. The van der Waals surface area contributed by atoms with Gasteiger partial charge in [0.15, 0.2) is 18.2 Å². The van der Waals surface area contributed by atoms with Crippen molar-refractivity contribution in [3.05, 3.63) is 45.8 Å². The normalized spacial score (nSPS) is 26.3. The molecule has 1 aromatic carbocycles. The van der Waals surface area contributed by atoms with Crippen molar-refractivity contribution in [2.75, 3.05) is 37.0 Å². The average Bonchev–Trinajstić information content (AvgIpc) is 2.92. The molecule has 2 aromatic heterocycles. The largest absolute Gasteiger partial charge is 0.478 e. The third-order valence-electron chi connectivity index (χ3n) is 8.61. The second-order valence-electron chi connectivity index (χ2n) is 11.1. The molecule has 3 heterocycles. The highest BCUT2D eigenvalue weighted by Gasteiger charge is 2.51. The summed E-state index contributed by atoms with van der Waals surface area (Å²) >= 11 is 6.48. The Balaban J connectivity index is 1.41. The smallest absolute Gasteiger partial charge is 0.293 e. The van der Waals surface area contributed by atoms with Gasteiger partial charge in [0.1, 0.15) is 10.7 Å².